The fraction of sp³-hybridized carbons (Fsp3) is 0.250. The first kappa shape index (κ1) is 17.4. The molecule has 0 N–H and O–H groups in total. The van der Waals surface area contributed by atoms with E-state index in [9.17, 15) is 9.59 Å². The summed E-state index contributed by atoms with van der Waals surface area (Å²) in [5.41, 5.74) is 2.44. The third-order valence-corrected chi connectivity index (χ3v) is 5.57. The number of nitrogens with zero attached hydrogens (tertiary/aromatic N) is 2. The van der Waals surface area contributed by atoms with Crippen molar-refractivity contribution < 1.29 is 9.59 Å². The van der Waals surface area contributed by atoms with Gasteiger partial charge >= 0.3 is 0 Å². The van der Waals surface area contributed by atoms with Crippen molar-refractivity contribution in [2.24, 2.45) is 0 Å². The first-order valence-corrected chi connectivity index (χ1v) is 9.68. The van der Waals surface area contributed by atoms with E-state index in [-0.39, 0.29) is 24.0 Å². The van der Waals surface area contributed by atoms with Gasteiger partial charge in [0.05, 0.1) is 0 Å². The van der Waals surface area contributed by atoms with Crippen molar-refractivity contribution in [1.82, 2.24) is 4.98 Å². The maximum absolute atomic E-state index is 13.0. The minimum Gasteiger partial charge on any atom is -0.294 e. The number of pyridine rings is 1. The largest absolute Gasteiger partial charge is 0.294 e. The van der Waals surface area contributed by atoms with Gasteiger partial charge in [-0.1, -0.05) is 23.7 Å². The Morgan fingerprint density at radius 3 is 2.73 bits per heavy atom. The average Bonchev–Trinajstić information content (AvgIpc) is 2.62. The third kappa shape index (κ3) is 3.10. The SMILES string of the molecule is O=C1CCCC2=C1C(c1cccc(Cl)c1)CC(=O)N2c1ccc(Br)cn1. The maximum Gasteiger partial charge on any atom is 0.233 e. The van der Waals surface area contributed by atoms with Gasteiger partial charge < -0.3 is 0 Å². The third-order valence-electron chi connectivity index (χ3n) is 4.87. The lowest BCUT2D eigenvalue weighted by molar-refractivity contribution is -0.120. The van der Waals surface area contributed by atoms with Crippen molar-refractivity contribution in [3.63, 3.8) is 0 Å². The van der Waals surface area contributed by atoms with Crippen LogP contribution in [0.3, 0.4) is 0 Å². The van der Waals surface area contributed by atoms with E-state index in [2.05, 4.69) is 20.9 Å². The van der Waals surface area contributed by atoms with Crippen molar-refractivity contribution in [2.45, 2.75) is 31.6 Å². The number of carbonyl (C=O) groups excluding carboxylic acids is 2. The smallest absolute Gasteiger partial charge is 0.233 e. The highest BCUT2D eigenvalue weighted by Gasteiger charge is 2.40. The van der Waals surface area contributed by atoms with Gasteiger partial charge in [0.25, 0.3) is 0 Å². The Hall–Kier alpha value is -1.98. The monoisotopic (exact) mass is 430 g/mol. The van der Waals surface area contributed by atoms with Crippen LogP contribution in [0, 0.1) is 0 Å². The molecule has 2 heterocycles. The van der Waals surface area contributed by atoms with Crippen molar-refractivity contribution >= 4 is 45.0 Å². The number of hydrogen-bond acceptors (Lipinski definition) is 3. The zero-order valence-electron chi connectivity index (χ0n) is 13.9. The molecule has 0 fully saturated rings. The lowest BCUT2D eigenvalue weighted by atomic mass is 9.77. The second kappa shape index (κ2) is 6.97. The average molecular weight is 432 g/mol. The fourth-order valence-electron chi connectivity index (χ4n) is 3.77. The standard InChI is InChI=1S/C20H16BrClN2O2/c21-13-7-8-18(23-11-13)24-16-5-2-6-17(25)20(16)15(10-19(24)26)12-3-1-4-14(22)9-12/h1,3-4,7-9,11,15H,2,5-6,10H2. The topological polar surface area (TPSA) is 50.3 Å². The van der Waals surface area contributed by atoms with Gasteiger partial charge in [-0.2, -0.15) is 0 Å². The Morgan fingerprint density at radius 1 is 1.15 bits per heavy atom. The van der Waals surface area contributed by atoms with E-state index < -0.39 is 0 Å². The van der Waals surface area contributed by atoms with Crippen LogP contribution in [0.15, 0.2) is 58.3 Å². The second-order valence-corrected chi connectivity index (χ2v) is 7.86. The normalized spacial score (nSPS) is 20.4. The zero-order chi connectivity index (χ0) is 18.3. The summed E-state index contributed by atoms with van der Waals surface area (Å²) in [5, 5.41) is 0.609. The molecule has 6 heteroatoms. The molecule has 4 rings (SSSR count). The molecule has 2 aromatic rings. The number of benzene rings is 1. The summed E-state index contributed by atoms with van der Waals surface area (Å²) in [6.45, 7) is 0. The van der Waals surface area contributed by atoms with Crippen molar-refractivity contribution in [3.05, 3.63) is 68.9 Å². The lowest BCUT2D eigenvalue weighted by Crippen LogP contribution is -2.41. The molecule has 1 atom stereocenters. The van der Waals surface area contributed by atoms with Crippen molar-refractivity contribution in [1.29, 1.82) is 0 Å². The molecular formula is C20H16BrClN2O2. The van der Waals surface area contributed by atoms with Crippen LogP contribution in [0.5, 0.6) is 0 Å². The van der Waals surface area contributed by atoms with E-state index in [1.165, 1.54) is 0 Å². The minimum atomic E-state index is -0.240. The molecule has 0 spiro atoms. The summed E-state index contributed by atoms with van der Waals surface area (Å²) in [7, 11) is 0. The van der Waals surface area contributed by atoms with Crippen molar-refractivity contribution in [3.8, 4) is 0 Å². The van der Waals surface area contributed by atoms with Crippen LogP contribution < -0.4 is 4.90 Å². The number of allylic oxidation sites excluding steroid dienone is 2. The Kier molecular flexibility index (Phi) is 4.67. The number of anilines is 1. The molecule has 0 bridgehead atoms. The summed E-state index contributed by atoms with van der Waals surface area (Å²) < 4.78 is 0.844. The first-order chi connectivity index (χ1) is 12.5. The number of ketones is 1. The van der Waals surface area contributed by atoms with Crippen LogP contribution in [0.1, 0.15) is 37.2 Å². The molecule has 1 aliphatic carbocycles. The Morgan fingerprint density at radius 2 is 2.00 bits per heavy atom. The summed E-state index contributed by atoms with van der Waals surface area (Å²) in [6.07, 6.45) is 3.87. The molecule has 4 nitrogen and oxygen atoms in total. The number of carbonyl (C=O) groups is 2. The number of rotatable bonds is 2. The lowest BCUT2D eigenvalue weighted by Gasteiger charge is -2.37. The minimum absolute atomic E-state index is 0.0433. The quantitative estimate of drug-likeness (QED) is 0.670. The molecule has 1 aliphatic heterocycles. The van der Waals surface area contributed by atoms with Gasteiger partial charge in [0.1, 0.15) is 5.82 Å². The van der Waals surface area contributed by atoms with Gasteiger partial charge in [-0.25, -0.2) is 4.98 Å². The number of hydrogen-bond donors (Lipinski definition) is 0. The molecule has 1 unspecified atom stereocenters. The zero-order valence-corrected chi connectivity index (χ0v) is 16.3. The Balaban J connectivity index is 1.85. The highest BCUT2D eigenvalue weighted by Crippen LogP contribution is 2.43. The summed E-state index contributed by atoms with van der Waals surface area (Å²) in [4.78, 5) is 31.8. The van der Waals surface area contributed by atoms with Crippen molar-refractivity contribution in [2.75, 3.05) is 4.90 Å². The highest BCUT2D eigenvalue weighted by molar-refractivity contribution is 9.10. The van der Waals surface area contributed by atoms with Crippen LogP contribution in [0.25, 0.3) is 0 Å². The molecule has 0 saturated heterocycles. The predicted molar refractivity (Wildman–Crippen MR) is 104 cm³/mol. The van der Waals surface area contributed by atoms with E-state index in [0.29, 0.717) is 23.7 Å². The summed E-state index contributed by atoms with van der Waals surface area (Å²) in [6, 6.07) is 11.1. The summed E-state index contributed by atoms with van der Waals surface area (Å²) >= 11 is 9.51. The van der Waals surface area contributed by atoms with Gasteiger partial charge in [-0.05, 0) is 58.6 Å². The van der Waals surface area contributed by atoms with Gasteiger partial charge in [0.15, 0.2) is 5.78 Å². The molecule has 0 saturated carbocycles. The number of Topliss-reactive ketones (excluding diaryl/α,β-unsaturated/α-hetero) is 1. The molecular weight excluding hydrogens is 416 g/mol. The number of halogens is 2. The van der Waals surface area contributed by atoms with Crippen LogP contribution in [-0.2, 0) is 9.59 Å². The first-order valence-electron chi connectivity index (χ1n) is 8.51. The molecule has 0 radical (unpaired) electrons. The van der Waals surface area contributed by atoms with Crippen LogP contribution in [0.2, 0.25) is 5.02 Å². The van der Waals surface area contributed by atoms with Gasteiger partial charge in [0, 0.05) is 45.7 Å². The fourth-order valence-corrected chi connectivity index (χ4v) is 4.20. The second-order valence-electron chi connectivity index (χ2n) is 6.51. The highest BCUT2D eigenvalue weighted by atomic mass is 79.9. The molecule has 132 valence electrons. The predicted octanol–water partition coefficient (Wildman–Crippen LogP) is 5.03. The Bertz CT molecular complexity index is 924. The molecule has 1 amide bonds. The molecule has 26 heavy (non-hydrogen) atoms. The van der Waals surface area contributed by atoms with E-state index in [1.807, 2.05) is 24.3 Å². The number of amides is 1. The van der Waals surface area contributed by atoms with Crippen LogP contribution >= 0.6 is 27.5 Å². The maximum atomic E-state index is 13.0. The molecule has 1 aromatic carbocycles. The van der Waals surface area contributed by atoms with Gasteiger partial charge in [-0.3, -0.25) is 14.5 Å². The molecule has 2 aliphatic rings. The van der Waals surface area contributed by atoms with E-state index in [4.69, 9.17) is 11.6 Å². The van der Waals surface area contributed by atoms with Crippen LogP contribution in [0.4, 0.5) is 5.82 Å². The summed E-state index contributed by atoms with van der Waals surface area (Å²) in [5.74, 6) is 0.393. The van der Waals surface area contributed by atoms with E-state index in [1.54, 1.807) is 23.2 Å². The number of aromatic nitrogens is 1. The van der Waals surface area contributed by atoms with E-state index in [0.717, 1.165) is 27.7 Å². The molecule has 1 aromatic heterocycles. The Labute approximate surface area is 165 Å². The van der Waals surface area contributed by atoms with Crippen LogP contribution in [-0.4, -0.2) is 16.7 Å². The van der Waals surface area contributed by atoms with Gasteiger partial charge in [-0.15, -0.1) is 0 Å². The van der Waals surface area contributed by atoms with Gasteiger partial charge in [0.2, 0.25) is 5.91 Å². The van der Waals surface area contributed by atoms with E-state index >= 15 is 0 Å².